The summed E-state index contributed by atoms with van der Waals surface area (Å²) in [6, 6.07) is 13.6. The maximum Gasteiger partial charge on any atom is 0.203 e. The number of ketones is 1. The van der Waals surface area contributed by atoms with E-state index in [1.54, 1.807) is 30.3 Å². The second-order valence-electron chi connectivity index (χ2n) is 3.95. The van der Waals surface area contributed by atoms with E-state index in [0.717, 1.165) is 0 Å². The summed E-state index contributed by atoms with van der Waals surface area (Å²) < 4.78 is 13.7. The molecule has 18 heavy (non-hydrogen) atoms. The lowest BCUT2D eigenvalue weighted by atomic mass is 10.0. The summed E-state index contributed by atoms with van der Waals surface area (Å²) in [7, 11) is 0. The molecule has 0 aliphatic rings. The first-order valence-electron chi connectivity index (χ1n) is 5.53. The SMILES string of the molecule is O=C(c1cccs1)c1ccc(F)c2ccccc12. The number of thiophene rings is 1. The average molecular weight is 256 g/mol. The Morgan fingerprint density at radius 2 is 1.72 bits per heavy atom. The van der Waals surface area contributed by atoms with E-state index in [4.69, 9.17) is 0 Å². The van der Waals surface area contributed by atoms with Crippen molar-refractivity contribution in [3.8, 4) is 0 Å². The molecule has 1 nitrogen and oxygen atoms in total. The van der Waals surface area contributed by atoms with Gasteiger partial charge in [0.05, 0.1) is 4.88 Å². The highest BCUT2D eigenvalue weighted by molar-refractivity contribution is 7.12. The molecule has 3 heteroatoms. The van der Waals surface area contributed by atoms with Crippen LogP contribution in [-0.4, -0.2) is 5.78 Å². The standard InChI is InChI=1S/C15H9FOS/c16-13-8-7-12(10-4-1-2-5-11(10)13)15(17)14-6-3-9-18-14/h1-9H. The molecule has 0 atom stereocenters. The number of benzene rings is 2. The van der Waals surface area contributed by atoms with Gasteiger partial charge in [-0.2, -0.15) is 0 Å². The van der Waals surface area contributed by atoms with Crippen LogP contribution in [0.2, 0.25) is 0 Å². The zero-order valence-electron chi connectivity index (χ0n) is 9.39. The van der Waals surface area contributed by atoms with Gasteiger partial charge < -0.3 is 0 Å². The molecule has 1 heterocycles. The Labute approximate surface area is 108 Å². The van der Waals surface area contributed by atoms with Crippen LogP contribution in [0.1, 0.15) is 15.2 Å². The Morgan fingerprint density at radius 3 is 2.44 bits per heavy atom. The van der Waals surface area contributed by atoms with Crippen LogP contribution in [0.25, 0.3) is 10.8 Å². The van der Waals surface area contributed by atoms with Gasteiger partial charge in [0.2, 0.25) is 5.78 Å². The first kappa shape index (κ1) is 11.1. The van der Waals surface area contributed by atoms with Gasteiger partial charge in [0.15, 0.2) is 0 Å². The highest BCUT2D eigenvalue weighted by atomic mass is 32.1. The number of hydrogen-bond donors (Lipinski definition) is 0. The maximum atomic E-state index is 13.7. The molecule has 0 aliphatic heterocycles. The van der Waals surface area contributed by atoms with Crippen molar-refractivity contribution in [3.05, 3.63) is 70.2 Å². The highest BCUT2D eigenvalue weighted by Gasteiger charge is 2.14. The molecule has 88 valence electrons. The summed E-state index contributed by atoms with van der Waals surface area (Å²) in [6.45, 7) is 0. The second kappa shape index (κ2) is 4.35. The molecule has 0 saturated carbocycles. The van der Waals surface area contributed by atoms with Crippen LogP contribution in [0.5, 0.6) is 0 Å². The number of halogens is 1. The predicted molar refractivity (Wildman–Crippen MR) is 71.7 cm³/mol. The quantitative estimate of drug-likeness (QED) is 0.626. The Balaban J connectivity index is 2.25. The molecule has 0 N–H and O–H groups in total. The van der Waals surface area contributed by atoms with Crippen LogP contribution in [0.15, 0.2) is 53.9 Å². The zero-order chi connectivity index (χ0) is 12.5. The third-order valence-corrected chi connectivity index (χ3v) is 3.73. The molecule has 0 aliphatic carbocycles. The van der Waals surface area contributed by atoms with Gasteiger partial charge in [-0.3, -0.25) is 4.79 Å². The molecule has 3 rings (SSSR count). The van der Waals surface area contributed by atoms with Crippen LogP contribution in [0.3, 0.4) is 0 Å². The smallest absolute Gasteiger partial charge is 0.203 e. The van der Waals surface area contributed by atoms with E-state index in [-0.39, 0.29) is 11.6 Å². The van der Waals surface area contributed by atoms with Gasteiger partial charge >= 0.3 is 0 Å². The van der Waals surface area contributed by atoms with Crippen molar-refractivity contribution in [1.82, 2.24) is 0 Å². The van der Waals surface area contributed by atoms with Crippen molar-refractivity contribution < 1.29 is 9.18 Å². The minimum absolute atomic E-state index is 0.0544. The van der Waals surface area contributed by atoms with E-state index in [1.807, 2.05) is 17.5 Å². The fourth-order valence-electron chi connectivity index (χ4n) is 2.00. The van der Waals surface area contributed by atoms with Gasteiger partial charge in [-0.1, -0.05) is 30.3 Å². The minimum Gasteiger partial charge on any atom is -0.288 e. The van der Waals surface area contributed by atoms with E-state index < -0.39 is 0 Å². The first-order chi connectivity index (χ1) is 8.77. The predicted octanol–water partition coefficient (Wildman–Crippen LogP) is 4.27. The number of carbonyl (C=O) groups excluding carboxylic acids is 1. The molecule has 0 fully saturated rings. The third kappa shape index (κ3) is 1.73. The molecule has 0 radical (unpaired) electrons. The largest absolute Gasteiger partial charge is 0.288 e. The van der Waals surface area contributed by atoms with Gasteiger partial charge in [-0.05, 0) is 29.0 Å². The topological polar surface area (TPSA) is 17.1 Å². The Hall–Kier alpha value is -2.00. The Bertz CT molecular complexity index is 716. The molecule has 0 amide bonds. The fourth-order valence-corrected chi connectivity index (χ4v) is 2.68. The fraction of sp³-hybridized carbons (Fsp3) is 0. The minimum atomic E-state index is -0.298. The van der Waals surface area contributed by atoms with E-state index in [2.05, 4.69) is 0 Å². The summed E-state index contributed by atoms with van der Waals surface area (Å²) in [5.41, 5.74) is 0.550. The van der Waals surface area contributed by atoms with Crippen LogP contribution >= 0.6 is 11.3 Å². The summed E-state index contributed by atoms with van der Waals surface area (Å²) in [4.78, 5) is 13.0. The third-order valence-electron chi connectivity index (χ3n) is 2.86. The Morgan fingerprint density at radius 1 is 0.944 bits per heavy atom. The van der Waals surface area contributed by atoms with Crippen molar-refractivity contribution in [1.29, 1.82) is 0 Å². The van der Waals surface area contributed by atoms with E-state index in [1.165, 1.54) is 17.4 Å². The van der Waals surface area contributed by atoms with Crippen molar-refractivity contribution in [2.24, 2.45) is 0 Å². The van der Waals surface area contributed by atoms with Crippen LogP contribution in [-0.2, 0) is 0 Å². The van der Waals surface area contributed by atoms with Crippen LogP contribution in [0, 0.1) is 5.82 Å². The molecular formula is C15H9FOS. The zero-order valence-corrected chi connectivity index (χ0v) is 10.2. The normalized spacial score (nSPS) is 10.7. The molecule has 0 unspecified atom stereocenters. The molecule has 1 aromatic heterocycles. The number of rotatable bonds is 2. The van der Waals surface area contributed by atoms with E-state index in [9.17, 15) is 9.18 Å². The first-order valence-corrected chi connectivity index (χ1v) is 6.41. The lowest BCUT2D eigenvalue weighted by Crippen LogP contribution is -2.00. The average Bonchev–Trinajstić information content (AvgIpc) is 2.93. The van der Waals surface area contributed by atoms with Crippen LogP contribution < -0.4 is 0 Å². The molecule has 0 saturated heterocycles. The lowest BCUT2D eigenvalue weighted by molar-refractivity contribution is 0.104. The van der Waals surface area contributed by atoms with Gasteiger partial charge in [0.1, 0.15) is 5.82 Å². The van der Waals surface area contributed by atoms with Crippen molar-refractivity contribution >= 4 is 27.9 Å². The van der Waals surface area contributed by atoms with Gasteiger partial charge in [0.25, 0.3) is 0 Å². The summed E-state index contributed by atoms with van der Waals surface area (Å²) in [5, 5.41) is 3.01. The summed E-state index contributed by atoms with van der Waals surface area (Å²) >= 11 is 1.40. The molecule has 0 bridgehead atoms. The van der Waals surface area contributed by atoms with Gasteiger partial charge in [-0.25, -0.2) is 4.39 Å². The van der Waals surface area contributed by atoms with Gasteiger partial charge in [0, 0.05) is 10.9 Å². The Kier molecular flexibility index (Phi) is 2.68. The monoisotopic (exact) mass is 256 g/mol. The molecule has 2 aromatic carbocycles. The summed E-state index contributed by atoms with van der Waals surface area (Å²) in [5.74, 6) is -0.352. The highest BCUT2D eigenvalue weighted by Crippen LogP contribution is 2.25. The maximum absolute atomic E-state index is 13.7. The van der Waals surface area contributed by atoms with Gasteiger partial charge in [-0.15, -0.1) is 11.3 Å². The van der Waals surface area contributed by atoms with Crippen molar-refractivity contribution in [3.63, 3.8) is 0 Å². The summed E-state index contributed by atoms with van der Waals surface area (Å²) in [6.07, 6.45) is 0. The van der Waals surface area contributed by atoms with Crippen molar-refractivity contribution in [2.75, 3.05) is 0 Å². The van der Waals surface area contributed by atoms with Crippen molar-refractivity contribution in [2.45, 2.75) is 0 Å². The molecular weight excluding hydrogens is 247 g/mol. The second-order valence-corrected chi connectivity index (χ2v) is 4.89. The lowest BCUT2D eigenvalue weighted by Gasteiger charge is -2.05. The molecule has 0 spiro atoms. The number of carbonyl (C=O) groups is 1. The van der Waals surface area contributed by atoms with Crippen LogP contribution in [0.4, 0.5) is 4.39 Å². The van der Waals surface area contributed by atoms with E-state index >= 15 is 0 Å². The molecule has 3 aromatic rings. The number of fused-ring (bicyclic) bond motifs is 1. The number of hydrogen-bond acceptors (Lipinski definition) is 2. The van der Waals surface area contributed by atoms with E-state index in [0.29, 0.717) is 21.2 Å².